The quantitative estimate of drug-likeness (QED) is 0.922. The molecule has 0 bridgehead atoms. The van der Waals surface area contributed by atoms with Crippen LogP contribution in [-0.2, 0) is 9.47 Å². The van der Waals surface area contributed by atoms with Crippen LogP contribution in [-0.4, -0.2) is 25.4 Å². The summed E-state index contributed by atoms with van der Waals surface area (Å²) in [6.45, 7) is 1.01. The predicted octanol–water partition coefficient (Wildman–Crippen LogP) is 3.72. The van der Waals surface area contributed by atoms with Crippen molar-refractivity contribution in [2.45, 2.75) is 18.9 Å². The average Bonchev–Trinajstić information content (AvgIpc) is 2.84. The largest absolute Gasteiger partial charge is 0.447 e. The normalized spacial score (nSPS) is 18.7. The summed E-state index contributed by atoms with van der Waals surface area (Å²) in [7, 11) is 0. The van der Waals surface area contributed by atoms with Crippen LogP contribution in [0.5, 0.6) is 0 Å². The molecule has 1 aliphatic rings. The lowest BCUT2D eigenvalue weighted by atomic mass is 10.2. The molecule has 98 valence electrons. The van der Waals surface area contributed by atoms with Gasteiger partial charge in [0.15, 0.2) is 0 Å². The van der Waals surface area contributed by atoms with Crippen molar-refractivity contribution in [1.82, 2.24) is 0 Å². The fourth-order valence-corrected chi connectivity index (χ4v) is 1.97. The summed E-state index contributed by atoms with van der Waals surface area (Å²) in [5.74, 6) is 0. The van der Waals surface area contributed by atoms with Crippen LogP contribution in [0.15, 0.2) is 18.2 Å². The van der Waals surface area contributed by atoms with E-state index in [1.807, 2.05) is 0 Å². The van der Waals surface area contributed by atoms with Gasteiger partial charge < -0.3 is 9.47 Å². The Hall–Kier alpha value is -0.970. The molecule has 0 aliphatic carbocycles. The first-order valence-corrected chi connectivity index (χ1v) is 6.41. The number of amides is 1. The zero-order valence-corrected chi connectivity index (χ0v) is 11.1. The zero-order valence-electron chi connectivity index (χ0n) is 9.62. The lowest BCUT2D eigenvalue weighted by molar-refractivity contribution is 0.0484. The standard InChI is InChI=1S/C12H13Cl2NO3/c13-10-4-3-8(6-11(10)14)15-12(16)18-7-9-2-1-5-17-9/h3-4,6,9H,1-2,5,7H2,(H,15,16)/t9-/m1/s1. The molecule has 1 saturated heterocycles. The third-order valence-corrected chi connectivity index (χ3v) is 3.33. The molecule has 18 heavy (non-hydrogen) atoms. The Morgan fingerprint density at radius 1 is 1.44 bits per heavy atom. The van der Waals surface area contributed by atoms with Crippen LogP contribution in [0.1, 0.15) is 12.8 Å². The summed E-state index contributed by atoms with van der Waals surface area (Å²) in [5.41, 5.74) is 0.543. The van der Waals surface area contributed by atoms with Crippen molar-refractivity contribution in [3.05, 3.63) is 28.2 Å². The molecule has 1 aromatic rings. The molecule has 1 aromatic carbocycles. The van der Waals surface area contributed by atoms with Crippen LogP contribution < -0.4 is 5.32 Å². The maximum Gasteiger partial charge on any atom is 0.411 e. The van der Waals surface area contributed by atoms with E-state index in [4.69, 9.17) is 32.7 Å². The number of carbonyl (C=O) groups excluding carboxylic acids is 1. The Kier molecular flexibility index (Phi) is 4.69. The summed E-state index contributed by atoms with van der Waals surface area (Å²) >= 11 is 11.6. The number of rotatable bonds is 3. The molecule has 1 aliphatic heterocycles. The van der Waals surface area contributed by atoms with Crippen molar-refractivity contribution >= 4 is 35.0 Å². The van der Waals surface area contributed by atoms with Crippen LogP contribution >= 0.6 is 23.2 Å². The van der Waals surface area contributed by atoms with Gasteiger partial charge in [-0.1, -0.05) is 23.2 Å². The molecule has 0 aromatic heterocycles. The van der Waals surface area contributed by atoms with Gasteiger partial charge in [0.05, 0.1) is 16.1 Å². The minimum absolute atomic E-state index is 0.0181. The molecule has 0 radical (unpaired) electrons. The van der Waals surface area contributed by atoms with Crippen molar-refractivity contribution in [2.24, 2.45) is 0 Å². The molecular formula is C12H13Cl2NO3. The summed E-state index contributed by atoms with van der Waals surface area (Å²) in [6, 6.07) is 4.83. The lowest BCUT2D eigenvalue weighted by Gasteiger charge is -2.11. The molecule has 1 heterocycles. The second-order valence-electron chi connectivity index (χ2n) is 3.99. The summed E-state index contributed by atoms with van der Waals surface area (Å²) in [5, 5.41) is 3.40. The van der Waals surface area contributed by atoms with Crippen LogP contribution in [0.3, 0.4) is 0 Å². The van der Waals surface area contributed by atoms with Crippen molar-refractivity contribution in [2.75, 3.05) is 18.5 Å². The summed E-state index contributed by atoms with van der Waals surface area (Å²) < 4.78 is 10.4. The molecule has 4 nitrogen and oxygen atoms in total. The lowest BCUT2D eigenvalue weighted by Crippen LogP contribution is -2.21. The molecule has 1 N–H and O–H groups in total. The van der Waals surface area contributed by atoms with E-state index in [1.165, 1.54) is 0 Å². The molecule has 1 atom stereocenters. The van der Waals surface area contributed by atoms with Crippen LogP contribution in [0.25, 0.3) is 0 Å². The van der Waals surface area contributed by atoms with Crippen molar-refractivity contribution in [3.8, 4) is 0 Å². The van der Waals surface area contributed by atoms with Gasteiger partial charge in [-0.2, -0.15) is 0 Å². The van der Waals surface area contributed by atoms with E-state index in [0.29, 0.717) is 15.7 Å². The highest BCUT2D eigenvalue weighted by molar-refractivity contribution is 6.42. The number of benzene rings is 1. The number of ether oxygens (including phenoxy) is 2. The van der Waals surface area contributed by atoms with E-state index < -0.39 is 6.09 Å². The maximum absolute atomic E-state index is 11.5. The predicted molar refractivity (Wildman–Crippen MR) is 70.4 cm³/mol. The third-order valence-electron chi connectivity index (χ3n) is 2.59. The van der Waals surface area contributed by atoms with Gasteiger partial charge in [0.2, 0.25) is 0 Å². The van der Waals surface area contributed by atoms with Gasteiger partial charge in [0, 0.05) is 12.3 Å². The Morgan fingerprint density at radius 2 is 2.28 bits per heavy atom. The smallest absolute Gasteiger partial charge is 0.411 e. The fourth-order valence-electron chi connectivity index (χ4n) is 1.67. The van der Waals surface area contributed by atoms with Gasteiger partial charge in [0.1, 0.15) is 6.61 Å². The Morgan fingerprint density at radius 3 is 2.94 bits per heavy atom. The van der Waals surface area contributed by atoms with Gasteiger partial charge in [-0.3, -0.25) is 5.32 Å². The minimum atomic E-state index is -0.524. The highest BCUT2D eigenvalue weighted by Crippen LogP contribution is 2.25. The molecule has 6 heteroatoms. The number of hydrogen-bond acceptors (Lipinski definition) is 3. The van der Waals surface area contributed by atoms with Crippen molar-refractivity contribution < 1.29 is 14.3 Å². The topological polar surface area (TPSA) is 47.6 Å². The van der Waals surface area contributed by atoms with E-state index in [2.05, 4.69) is 5.32 Å². The van der Waals surface area contributed by atoms with Gasteiger partial charge in [-0.15, -0.1) is 0 Å². The van der Waals surface area contributed by atoms with E-state index in [9.17, 15) is 4.79 Å². The van der Waals surface area contributed by atoms with E-state index in [0.717, 1.165) is 19.4 Å². The van der Waals surface area contributed by atoms with E-state index >= 15 is 0 Å². The van der Waals surface area contributed by atoms with Gasteiger partial charge >= 0.3 is 6.09 Å². The zero-order chi connectivity index (χ0) is 13.0. The molecule has 1 fully saturated rings. The second-order valence-corrected chi connectivity index (χ2v) is 4.80. The number of anilines is 1. The van der Waals surface area contributed by atoms with E-state index in [1.54, 1.807) is 18.2 Å². The molecule has 0 saturated carbocycles. The number of halogens is 2. The number of nitrogens with one attached hydrogen (secondary N) is 1. The molecule has 2 rings (SSSR count). The van der Waals surface area contributed by atoms with Crippen molar-refractivity contribution in [1.29, 1.82) is 0 Å². The monoisotopic (exact) mass is 289 g/mol. The number of hydrogen-bond donors (Lipinski definition) is 1. The second kappa shape index (κ2) is 6.27. The molecule has 0 spiro atoms. The SMILES string of the molecule is O=C(Nc1ccc(Cl)c(Cl)c1)OC[C@H]1CCCO1. The van der Waals surface area contributed by atoms with Crippen LogP contribution in [0.4, 0.5) is 10.5 Å². The first-order chi connectivity index (χ1) is 8.65. The summed E-state index contributed by atoms with van der Waals surface area (Å²) in [6.07, 6.45) is 1.44. The average molecular weight is 290 g/mol. The summed E-state index contributed by atoms with van der Waals surface area (Å²) in [4.78, 5) is 11.5. The van der Waals surface area contributed by atoms with Gasteiger partial charge in [-0.25, -0.2) is 4.79 Å². The van der Waals surface area contributed by atoms with Crippen LogP contribution in [0.2, 0.25) is 10.0 Å². The first-order valence-electron chi connectivity index (χ1n) is 5.65. The first kappa shape index (κ1) is 13.5. The van der Waals surface area contributed by atoms with Gasteiger partial charge in [0.25, 0.3) is 0 Å². The van der Waals surface area contributed by atoms with Crippen LogP contribution in [0, 0.1) is 0 Å². The molecule has 1 amide bonds. The fraction of sp³-hybridized carbons (Fsp3) is 0.417. The van der Waals surface area contributed by atoms with Gasteiger partial charge in [-0.05, 0) is 31.0 Å². The third kappa shape index (κ3) is 3.77. The maximum atomic E-state index is 11.5. The molecular weight excluding hydrogens is 277 g/mol. The Balaban J connectivity index is 1.80. The highest BCUT2D eigenvalue weighted by atomic mass is 35.5. The van der Waals surface area contributed by atoms with Crippen molar-refractivity contribution in [3.63, 3.8) is 0 Å². The Labute approximate surface area is 115 Å². The molecule has 0 unspecified atom stereocenters. The number of carbonyl (C=O) groups is 1. The minimum Gasteiger partial charge on any atom is -0.447 e. The highest BCUT2D eigenvalue weighted by Gasteiger charge is 2.17. The van der Waals surface area contributed by atoms with E-state index in [-0.39, 0.29) is 12.7 Å². The Bertz CT molecular complexity index is 433.